The van der Waals surface area contributed by atoms with E-state index in [9.17, 15) is 4.79 Å². The Bertz CT molecular complexity index is 1020. The first kappa shape index (κ1) is 16.8. The van der Waals surface area contributed by atoms with E-state index < -0.39 is 0 Å². The minimum Gasteiger partial charge on any atom is -0.399 e. The van der Waals surface area contributed by atoms with Gasteiger partial charge in [-0.1, -0.05) is 37.4 Å². The Morgan fingerprint density at radius 2 is 1.48 bits per heavy atom. The maximum Gasteiger partial charge on any atom is 0.167 e. The van der Waals surface area contributed by atoms with Crippen LogP contribution < -0.4 is 16.4 Å². The molecule has 4 rings (SSSR count). The van der Waals surface area contributed by atoms with Crippen molar-refractivity contribution in [3.8, 4) is 0 Å². The molecule has 0 saturated heterocycles. The average Bonchev–Trinajstić information content (AvgIpc) is 2.99. The summed E-state index contributed by atoms with van der Waals surface area (Å²) < 4.78 is 1.95. The van der Waals surface area contributed by atoms with E-state index in [0.29, 0.717) is 6.42 Å². The minimum absolute atomic E-state index is 0.153. The first-order valence-electron chi connectivity index (χ1n) is 8.13. The summed E-state index contributed by atoms with van der Waals surface area (Å²) in [5.74, 6) is 0.153. The fraction of sp³-hybridized carbons (Fsp3) is 0.136. The fourth-order valence-electron chi connectivity index (χ4n) is 3.08. The minimum atomic E-state index is 0.153. The van der Waals surface area contributed by atoms with E-state index in [1.165, 1.54) is 5.56 Å². The van der Waals surface area contributed by atoms with Crippen molar-refractivity contribution in [2.75, 3.05) is 5.73 Å². The topological polar surface area (TPSA) is 48.0 Å². The highest BCUT2D eigenvalue weighted by Gasteiger charge is 2.23. The Morgan fingerprint density at radius 1 is 0.960 bits per heavy atom. The third-order valence-electron chi connectivity index (χ3n) is 4.72. The molecule has 126 valence electrons. The zero-order valence-electron chi connectivity index (χ0n) is 14.7. The summed E-state index contributed by atoms with van der Waals surface area (Å²) in [6, 6.07) is 11.7. The number of anilines is 1. The molecule has 0 amide bonds. The smallest absolute Gasteiger partial charge is 0.167 e. The van der Waals surface area contributed by atoms with E-state index in [-0.39, 0.29) is 5.78 Å². The summed E-state index contributed by atoms with van der Waals surface area (Å²) in [5, 5.41) is 3.91. The van der Waals surface area contributed by atoms with Crippen LogP contribution in [0.5, 0.6) is 0 Å². The number of aromatic nitrogens is 1. The second-order valence-electron chi connectivity index (χ2n) is 6.51. The van der Waals surface area contributed by atoms with Gasteiger partial charge in [0.1, 0.15) is 0 Å². The van der Waals surface area contributed by atoms with Crippen molar-refractivity contribution in [2.24, 2.45) is 7.05 Å². The van der Waals surface area contributed by atoms with E-state index >= 15 is 0 Å². The molecule has 1 aliphatic carbocycles. The molecule has 3 heteroatoms. The van der Waals surface area contributed by atoms with Crippen LogP contribution in [-0.4, -0.2) is 10.4 Å². The molecule has 0 saturated carbocycles. The standard InChI is InChI=1S/C15H13NO.C7H9N/c1-8-5-15(17)14-7-13-10(3)16(4)9(2)12(13)6-11(8)14;1-6-2-4-7(8)5-3-6/h6-7H,1-3,5H2,4H3;2-5H,8H2,1H3. The van der Waals surface area contributed by atoms with Crippen LogP contribution >= 0.6 is 0 Å². The summed E-state index contributed by atoms with van der Waals surface area (Å²) >= 11 is 0. The zero-order chi connectivity index (χ0) is 18.3. The molecule has 2 N–H and O–H groups in total. The number of hydrogen-bond donors (Lipinski definition) is 1. The van der Waals surface area contributed by atoms with Crippen LogP contribution in [0.2, 0.25) is 0 Å². The molecule has 0 bridgehead atoms. The van der Waals surface area contributed by atoms with Crippen molar-refractivity contribution >= 4 is 41.0 Å². The summed E-state index contributed by atoms with van der Waals surface area (Å²) in [5.41, 5.74) is 10.2. The van der Waals surface area contributed by atoms with Gasteiger partial charge in [0.2, 0.25) is 0 Å². The fourth-order valence-corrected chi connectivity index (χ4v) is 3.08. The summed E-state index contributed by atoms with van der Waals surface area (Å²) in [4.78, 5) is 11.8. The maximum absolute atomic E-state index is 11.8. The molecule has 0 spiro atoms. The maximum atomic E-state index is 11.8. The van der Waals surface area contributed by atoms with Crippen molar-refractivity contribution in [3.05, 3.63) is 70.4 Å². The Balaban J connectivity index is 0.000000192. The van der Waals surface area contributed by atoms with Crippen molar-refractivity contribution < 1.29 is 4.79 Å². The SMILES string of the molecule is C=C1CC(=O)c2cc3c(=C)n(C)c(=C)c3cc21.Cc1ccc(N)cc1. The van der Waals surface area contributed by atoms with Crippen LogP contribution in [0.3, 0.4) is 0 Å². The number of carbonyl (C=O) groups is 1. The van der Waals surface area contributed by atoms with Crippen LogP contribution in [0.25, 0.3) is 29.5 Å². The summed E-state index contributed by atoms with van der Waals surface area (Å²) in [7, 11) is 1.94. The van der Waals surface area contributed by atoms with Gasteiger partial charge in [-0.05, 0) is 42.3 Å². The predicted molar refractivity (Wildman–Crippen MR) is 107 cm³/mol. The van der Waals surface area contributed by atoms with Gasteiger partial charge in [-0.15, -0.1) is 0 Å². The number of Topliss-reactive ketones (excluding diaryl/α,β-unsaturated/α-hetero) is 1. The second kappa shape index (κ2) is 6.10. The molecule has 0 radical (unpaired) electrons. The number of allylic oxidation sites excluding steroid dienone is 1. The number of nitrogens with zero attached hydrogens (tertiary/aromatic N) is 1. The molecule has 3 aromatic rings. The van der Waals surface area contributed by atoms with E-state index in [2.05, 4.69) is 19.7 Å². The molecule has 1 aromatic heterocycles. The predicted octanol–water partition coefficient (Wildman–Crippen LogP) is 3.18. The number of nitrogens with two attached hydrogens (primary N) is 1. The Kier molecular flexibility index (Phi) is 4.09. The van der Waals surface area contributed by atoms with Crippen LogP contribution in [0.15, 0.2) is 43.0 Å². The quantitative estimate of drug-likeness (QED) is 0.644. The molecule has 2 aromatic carbocycles. The van der Waals surface area contributed by atoms with E-state index in [0.717, 1.165) is 43.9 Å². The van der Waals surface area contributed by atoms with Crippen LogP contribution in [0.4, 0.5) is 5.69 Å². The summed E-state index contributed by atoms with van der Waals surface area (Å²) in [6.07, 6.45) is 0.438. The molecule has 1 aliphatic rings. The van der Waals surface area contributed by atoms with Gasteiger partial charge >= 0.3 is 0 Å². The third kappa shape index (κ3) is 2.89. The lowest BCUT2D eigenvalue weighted by molar-refractivity contribution is 0.100. The van der Waals surface area contributed by atoms with E-state index in [1.54, 1.807) is 0 Å². The molecule has 0 unspecified atom stereocenters. The molecule has 3 nitrogen and oxygen atoms in total. The van der Waals surface area contributed by atoms with Crippen LogP contribution in [-0.2, 0) is 7.05 Å². The number of aryl methyl sites for hydroxylation is 1. The van der Waals surface area contributed by atoms with Gasteiger partial charge in [0.15, 0.2) is 5.78 Å². The van der Waals surface area contributed by atoms with E-state index in [4.69, 9.17) is 5.73 Å². The highest BCUT2D eigenvalue weighted by Crippen LogP contribution is 2.32. The lowest BCUT2D eigenvalue weighted by Crippen LogP contribution is -2.20. The number of carbonyl (C=O) groups excluding carboxylic acids is 1. The molecule has 25 heavy (non-hydrogen) atoms. The third-order valence-corrected chi connectivity index (χ3v) is 4.72. The monoisotopic (exact) mass is 330 g/mol. The zero-order valence-corrected chi connectivity index (χ0v) is 14.7. The number of rotatable bonds is 0. The van der Waals surface area contributed by atoms with Gasteiger partial charge in [0, 0.05) is 46.2 Å². The van der Waals surface area contributed by atoms with Gasteiger partial charge < -0.3 is 10.3 Å². The van der Waals surface area contributed by atoms with Crippen LogP contribution in [0, 0.1) is 6.92 Å². The lowest BCUT2D eigenvalue weighted by Gasteiger charge is -1.98. The molecule has 1 heterocycles. The molecule has 0 atom stereocenters. The van der Waals surface area contributed by atoms with Crippen molar-refractivity contribution in [3.63, 3.8) is 0 Å². The normalized spacial score (nSPS) is 12.9. The largest absolute Gasteiger partial charge is 0.399 e. The number of ketones is 1. The highest BCUT2D eigenvalue weighted by atomic mass is 16.1. The van der Waals surface area contributed by atoms with Gasteiger partial charge in [0.05, 0.1) is 0 Å². The Morgan fingerprint density at radius 3 is 2.00 bits per heavy atom. The van der Waals surface area contributed by atoms with Crippen molar-refractivity contribution in [2.45, 2.75) is 13.3 Å². The first-order valence-corrected chi connectivity index (χ1v) is 8.13. The van der Waals surface area contributed by atoms with Crippen molar-refractivity contribution in [1.82, 2.24) is 4.57 Å². The van der Waals surface area contributed by atoms with Gasteiger partial charge in [-0.25, -0.2) is 0 Å². The van der Waals surface area contributed by atoms with Gasteiger partial charge in [0.25, 0.3) is 0 Å². The molecular formula is C22H22N2O. The number of hydrogen-bond acceptors (Lipinski definition) is 2. The number of fused-ring (bicyclic) bond motifs is 2. The molecule has 0 fully saturated rings. The Hall–Kier alpha value is -3.07. The second-order valence-corrected chi connectivity index (χ2v) is 6.51. The van der Waals surface area contributed by atoms with Gasteiger partial charge in [-0.3, -0.25) is 4.79 Å². The highest BCUT2D eigenvalue weighted by molar-refractivity contribution is 6.14. The van der Waals surface area contributed by atoms with Gasteiger partial charge in [-0.2, -0.15) is 0 Å². The van der Waals surface area contributed by atoms with Crippen LogP contribution in [0.1, 0.15) is 27.9 Å². The van der Waals surface area contributed by atoms with Crippen molar-refractivity contribution in [1.29, 1.82) is 0 Å². The average molecular weight is 330 g/mol. The first-order chi connectivity index (χ1) is 11.8. The molecule has 0 aliphatic heterocycles. The summed E-state index contributed by atoms with van der Waals surface area (Å²) in [6.45, 7) is 14.1. The number of nitrogen functional groups attached to an aromatic ring is 1. The lowest BCUT2D eigenvalue weighted by atomic mass is 10.0. The number of benzene rings is 2. The Labute approximate surface area is 147 Å². The molecular weight excluding hydrogens is 308 g/mol. The van der Waals surface area contributed by atoms with E-state index in [1.807, 2.05) is 54.9 Å².